The molecule has 0 fully saturated rings. The predicted molar refractivity (Wildman–Crippen MR) is 129 cm³/mol. The van der Waals surface area contributed by atoms with Gasteiger partial charge in [-0.25, -0.2) is 4.98 Å². The maximum atomic E-state index is 9.37. The summed E-state index contributed by atoms with van der Waals surface area (Å²) in [6, 6.07) is 11.5. The van der Waals surface area contributed by atoms with Crippen LogP contribution in [0.1, 0.15) is 5.69 Å². The Morgan fingerprint density at radius 2 is 1.71 bits per heavy atom. The molecule has 0 saturated carbocycles. The third-order valence-corrected chi connectivity index (χ3v) is 5.52. The summed E-state index contributed by atoms with van der Waals surface area (Å²) in [5, 5.41) is 22.0. The summed E-state index contributed by atoms with van der Waals surface area (Å²) in [6.07, 6.45) is 7.04. The SMILES string of the molecule is COc1cc(OC)cc(N(Cc2cnn(CO)n2)c2ccc3ncc(-c4cnn(C)c4)nc3c2)c1. The molecule has 0 unspecified atom stereocenters. The van der Waals surface area contributed by atoms with Crippen molar-refractivity contribution >= 4 is 22.4 Å². The highest BCUT2D eigenvalue weighted by Crippen LogP contribution is 2.35. The van der Waals surface area contributed by atoms with E-state index in [1.54, 1.807) is 37.5 Å². The Hall–Kier alpha value is -4.51. The summed E-state index contributed by atoms with van der Waals surface area (Å²) in [5.41, 5.74) is 5.51. The lowest BCUT2D eigenvalue weighted by Gasteiger charge is -2.25. The van der Waals surface area contributed by atoms with E-state index < -0.39 is 0 Å². The first-order valence-electron chi connectivity index (χ1n) is 10.8. The fourth-order valence-electron chi connectivity index (χ4n) is 3.78. The highest BCUT2D eigenvalue weighted by atomic mass is 16.5. The molecule has 0 aliphatic heterocycles. The van der Waals surface area contributed by atoms with Crippen molar-refractivity contribution in [3.8, 4) is 22.8 Å². The number of methoxy groups -OCH3 is 2. The number of aliphatic hydroxyl groups excluding tert-OH is 1. The van der Waals surface area contributed by atoms with E-state index in [-0.39, 0.29) is 6.73 Å². The minimum atomic E-state index is -0.296. The largest absolute Gasteiger partial charge is 0.497 e. The highest BCUT2D eigenvalue weighted by molar-refractivity contribution is 5.82. The number of nitrogens with zero attached hydrogens (tertiary/aromatic N) is 8. The minimum Gasteiger partial charge on any atom is -0.497 e. The van der Waals surface area contributed by atoms with Crippen molar-refractivity contribution in [2.45, 2.75) is 13.3 Å². The zero-order chi connectivity index (χ0) is 24.4. The summed E-state index contributed by atoms with van der Waals surface area (Å²) in [5.74, 6) is 1.31. The lowest BCUT2D eigenvalue weighted by molar-refractivity contribution is 0.177. The van der Waals surface area contributed by atoms with Crippen LogP contribution < -0.4 is 14.4 Å². The fourth-order valence-corrected chi connectivity index (χ4v) is 3.78. The van der Waals surface area contributed by atoms with E-state index in [4.69, 9.17) is 14.5 Å². The van der Waals surface area contributed by atoms with Gasteiger partial charge in [0.1, 0.15) is 17.2 Å². The Morgan fingerprint density at radius 1 is 0.914 bits per heavy atom. The average molecular weight is 473 g/mol. The van der Waals surface area contributed by atoms with E-state index in [0.717, 1.165) is 33.7 Å². The van der Waals surface area contributed by atoms with Crippen LogP contribution in [0, 0.1) is 0 Å². The third-order valence-electron chi connectivity index (χ3n) is 5.52. The highest BCUT2D eigenvalue weighted by Gasteiger charge is 2.17. The molecule has 1 N–H and O–H groups in total. The van der Waals surface area contributed by atoms with Crippen LogP contribution in [0.25, 0.3) is 22.3 Å². The second-order valence-corrected chi connectivity index (χ2v) is 7.84. The average Bonchev–Trinajstić information content (AvgIpc) is 3.55. The van der Waals surface area contributed by atoms with E-state index in [1.165, 1.54) is 4.80 Å². The third kappa shape index (κ3) is 4.62. The van der Waals surface area contributed by atoms with Crippen molar-refractivity contribution in [3.63, 3.8) is 0 Å². The number of aliphatic hydroxyl groups is 1. The first kappa shape index (κ1) is 22.3. The molecule has 0 saturated heterocycles. The van der Waals surface area contributed by atoms with Crippen molar-refractivity contribution in [2.75, 3.05) is 19.1 Å². The molecular weight excluding hydrogens is 448 g/mol. The Morgan fingerprint density at radius 3 is 2.37 bits per heavy atom. The molecule has 0 atom stereocenters. The van der Waals surface area contributed by atoms with Crippen LogP contribution in [-0.4, -0.2) is 54.1 Å². The van der Waals surface area contributed by atoms with Gasteiger partial charge in [-0.2, -0.15) is 20.1 Å². The van der Waals surface area contributed by atoms with Crippen molar-refractivity contribution in [1.82, 2.24) is 34.7 Å². The molecule has 0 radical (unpaired) electrons. The molecular formula is C24H24N8O3. The van der Waals surface area contributed by atoms with Crippen LogP contribution in [0.4, 0.5) is 11.4 Å². The molecule has 35 heavy (non-hydrogen) atoms. The predicted octanol–water partition coefficient (Wildman–Crippen LogP) is 2.93. The topological polar surface area (TPSA) is 116 Å². The fraction of sp³-hybridized carbons (Fsp3) is 0.208. The van der Waals surface area contributed by atoms with Gasteiger partial charge in [-0.3, -0.25) is 9.67 Å². The summed E-state index contributed by atoms with van der Waals surface area (Å²) in [4.78, 5) is 12.7. The smallest absolute Gasteiger partial charge is 0.155 e. The number of fused-ring (bicyclic) bond motifs is 1. The van der Waals surface area contributed by atoms with Crippen LogP contribution in [-0.2, 0) is 20.3 Å². The van der Waals surface area contributed by atoms with Crippen LogP contribution >= 0.6 is 0 Å². The number of aryl methyl sites for hydroxylation is 1. The number of hydrogen-bond donors (Lipinski definition) is 1. The molecule has 0 aliphatic rings. The molecule has 0 amide bonds. The molecule has 3 heterocycles. The summed E-state index contributed by atoms with van der Waals surface area (Å²) in [6.45, 7) is 0.0905. The Bertz CT molecular complexity index is 1460. The van der Waals surface area contributed by atoms with Gasteiger partial charge in [-0.15, -0.1) is 0 Å². The molecule has 5 aromatic rings. The Labute approximate surface area is 201 Å². The second kappa shape index (κ2) is 9.39. The van der Waals surface area contributed by atoms with Crippen molar-refractivity contribution < 1.29 is 14.6 Å². The van der Waals surface area contributed by atoms with Gasteiger partial charge in [-0.1, -0.05) is 0 Å². The van der Waals surface area contributed by atoms with Crippen LogP contribution in [0.5, 0.6) is 11.5 Å². The zero-order valence-electron chi connectivity index (χ0n) is 19.5. The van der Waals surface area contributed by atoms with Crippen molar-refractivity contribution in [1.29, 1.82) is 0 Å². The Balaban J connectivity index is 1.61. The van der Waals surface area contributed by atoms with Gasteiger partial charge >= 0.3 is 0 Å². The normalized spacial score (nSPS) is 11.1. The monoisotopic (exact) mass is 472 g/mol. The molecule has 11 heteroatoms. The van der Waals surface area contributed by atoms with Gasteiger partial charge in [0.05, 0.1) is 56.1 Å². The number of aromatic nitrogens is 7. The maximum absolute atomic E-state index is 9.37. The zero-order valence-corrected chi connectivity index (χ0v) is 19.5. The van der Waals surface area contributed by atoms with E-state index in [0.29, 0.717) is 23.7 Å². The minimum absolute atomic E-state index is 0.296. The van der Waals surface area contributed by atoms with Gasteiger partial charge in [0.25, 0.3) is 0 Å². The van der Waals surface area contributed by atoms with Crippen LogP contribution in [0.3, 0.4) is 0 Å². The van der Waals surface area contributed by atoms with Gasteiger partial charge in [0, 0.05) is 48.4 Å². The number of rotatable bonds is 8. The maximum Gasteiger partial charge on any atom is 0.155 e. The number of hydrogen-bond acceptors (Lipinski definition) is 9. The van der Waals surface area contributed by atoms with Gasteiger partial charge in [-0.05, 0) is 18.2 Å². The van der Waals surface area contributed by atoms with Gasteiger partial charge < -0.3 is 19.5 Å². The van der Waals surface area contributed by atoms with E-state index in [1.807, 2.05) is 49.6 Å². The number of anilines is 2. The lowest BCUT2D eigenvalue weighted by Crippen LogP contribution is -2.17. The van der Waals surface area contributed by atoms with Crippen molar-refractivity contribution in [3.05, 3.63) is 66.9 Å². The first-order valence-corrected chi connectivity index (χ1v) is 10.8. The number of ether oxygens (including phenoxy) is 2. The van der Waals surface area contributed by atoms with Crippen LogP contribution in [0.2, 0.25) is 0 Å². The Kier molecular flexibility index (Phi) is 5.98. The molecule has 178 valence electrons. The molecule has 0 aliphatic carbocycles. The lowest BCUT2D eigenvalue weighted by atomic mass is 10.2. The van der Waals surface area contributed by atoms with E-state index in [9.17, 15) is 5.11 Å². The molecule has 5 rings (SSSR count). The molecule has 3 aromatic heterocycles. The second-order valence-electron chi connectivity index (χ2n) is 7.84. The van der Waals surface area contributed by atoms with E-state index in [2.05, 4.69) is 25.2 Å². The summed E-state index contributed by atoms with van der Waals surface area (Å²) in [7, 11) is 5.09. The quantitative estimate of drug-likeness (QED) is 0.364. The van der Waals surface area contributed by atoms with Gasteiger partial charge in [0.15, 0.2) is 6.73 Å². The standard InChI is InChI=1S/C24H24N8O3/c1-30-13-16(10-26-30)24-12-25-22-5-4-18(8-23(22)28-24)31(14-17-11-27-32(15-33)29-17)19-6-20(34-2)9-21(7-19)35-3/h4-13,33H,14-15H2,1-3H3. The molecule has 0 spiro atoms. The van der Waals surface area contributed by atoms with Crippen molar-refractivity contribution in [2.24, 2.45) is 7.05 Å². The van der Waals surface area contributed by atoms with E-state index >= 15 is 0 Å². The number of benzene rings is 2. The molecule has 11 nitrogen and oxygen atoms in total. The first-order chi connectivity index (χ1) is 17.1. The molecule has 2 aromatic carbocycles. The summed E-state index contributed by atoms with van der Waals surface area (Å²) >= 11 is 0. The van der Waals surface area contributed by atoms with Gasteiger partial charge in [0.2, 0.25) is 0 Å². The summed E-state index contributed by atoms with van der Waals surface area (Å²) < 4.78 is 12.7. The molecule has 0 bridgehead atoms. The van der Waals surface area contributed by atoms with Crippen LogP contribution in [0.15, 0.2) is 61.2 Å².